The number of methoxy groups -OCH3 is 1. The van der Waals surface area contributed by atoms with Crippen LogP contribution in [0.5, 0.6) is 0 Å². The monoisotopic (exact) mass is 276 g/mol. The first-order chi connectivity index (χ1) is 9.11. The number of rotatable bonds is 4. The third-order valence-electron chi connectivity index (χ3n) is 2.93. The van der Waals surface area contributed by atoms with E-state index in [4.69, 9.17) is 22.1 Å². The zero-order chi connectivity index (χ0) is 13.8. The first-order valence-electron chi connectivity index (χ1n) is 6.01. The highest BCUT2D eigenvalue weighted by Crippen LogP contribution is 2.30. The number of ether oxygens (including phenoxy) is 1. The highest BCUT2D eigenvalue weighted by atomic mass is 35.5. The van der Waals surface area contributed by atoms with E-state index in [1.807, 2.05) is 43.3 Å². The van der Waals surface area contributed by atoms with E-state index < -0.39 is 0 Å². The van der Waals surface area contributed by atoms with Crippen molar-refractivity contribution in [3.8, 4) is 0 Å². The van der Waals surface area contributed by atoms with E-state index in [0.29, 0.717) is 17.3 Å². The van der Waals surface area contributed by atoms with E-state index >= 15 is 0 Å². The number of para-hydroxylation sites is 1. The van der Waals surface area contributed by atoms with Gasteiger partial charge in [-0.2, -0.15) is 0 Å². The molecule has 0 fully saturated rings. The van der Waals surface area contributed by atoms with Crippen LogP contribution >= 0.6 is 11.6 Å². The smallest absolute Gasteiger partial charge is 0.0733 e. The van der Waals surface area contributed by atoms with Crippen LogP contribution in [-0.2, 0) is 11.3 Å². The first kappa shape index (κ1) is 13.7. The average Bonchev–Trinajstić information content (AvgIpc) is 2.38. The second-order valence-corrected chi connectivity index (χ2v) is 4.81. The maximum absolute atomic E-state index is 6.06. The standard InChI is InChI=1S/C15H17ClN2O/c1-10-7-13(17)12(16)8-15(10)18-14-6-4-3-5-11(14)9-19-2/h3-8,18H,9,17H2,1-2H3. The Morgan fingerprint density at radius 1 is 1.21 bits per heavy atom. The molecule has 19 heavy (non-hydrogen) atoms. The summed E-state index contributed by atoms with van der Waals surface area (Å²) in [7, 11) is 1.68. The molecule has 3 N–H and O–H groups in total. The van der Waals surface area contributed by atoms with Crippen molar-refractivity contribution in [3.05, 3.63) is 52.5 Å². The topological polar surface area (TPSA) is 47.3 Å². The highest BCUT2D eigenvalue weighted by molar-refractivity contribution is 6.33. The lowest BCUT2D eigenvalue weighted by molar-refractivity contribution is 0.185. The number of hydrogen-bond donors (Lipinski definition) is 2. The van der Waals surface area contributed by atoms with Crippen LogP contribution in [0.15, 0.2) is 36.4 Å². The lowest BCUT2D eigenvalue weighted by Gasteiger charge is -2.14. The van der Waals surface area contributed by atoms with Gasteiger partial charge in [0.15, 0.2) is 0 Å². The normalized spacial score (nSPS) is 10.5. The van der Waals surface area contributed by atoms with Gasteiger partial charge in [-0.05, 0) is 30.7 Å². The van der Waals surface area contributed by atoms with Crippen molar-refractivity contribution in [1.29, 1.82) is 0 Å². The molecule has 0 bridgehead atoms. The van der Waals surface area contributed by atoms with Crippen molar-refractivity contribution in [2.24, 2.45) is 0 Å². The molecule has 0 aliphatic rings. The van der Waals surface area contributed by atoms with Gasteiger partial charge in [-0.15, -0.1) is 0 Å². The Bertz CT molecular complexity index is 584. The molecule has 0 saturated carbocycles. The predicted octanol–water partition coefficient (Wildman–Crippen LogP) is 4.12. The number of benzene rings is 2. The molecule has 0 aromatic heterocycles. The van der Waals surface area contributed by atoms with Crippen LogP contribution in [0.3, 0.4) is 0 Å². The summed E-state index contributed by atoms with van der Waals surface area (Å²) in [6.07, 6.45) is 0. The van der Waals surface area contributed by atoms with Gasteiger partial charge < -0.3 is 15.8 Å². The summed E-state index contributed by atoms with van der Waals surface area (Å²) in [5.41, 5.74) is 10.5. The van der Waals surface area contributed by atoms with E-state index in [1.165, 1.54) is 0 Å². The molecule has 0 atom stereocenters. The van der Waals surface area contributed by atoms with E-state index in [9.17, 15) is 0 Å². The van der Waals surface area contributed by atoms with Crippen molar-refractivity contribution in [2.45, 2.75) is 13.5 Å². The predicted molar refractivity (Wildman–Crippen MR) is 81.0 cm³/mol. The molecular formula is C15H17ClN2O. The fraction of sp³-hybridized carbons (Fsp3) is 0.200. The SMILES string of the molecule is COCc1ccccc1Nc1cc(Cl)c(N)cc1C. The van der Waals surface area contributed by atoms with Gasteiger partial charge in [0.1, 0.15) is 0 Å². The number of anilines is 3. The van der Waals surface area contributed by atoms with Crippen molar-refractivity contribution in [2.75, 3.05) is 18.2 Å². The van der Waals surface area contributed by atoms with Gasteiger partial charge in [0.05, 0.1) is 17.3 Å². The average molecular weight is 277 g/mol. The zero-order valence-electron chi connectivity index (χ0n) is 11.0. The molecule has 100 valence electrons. The third-order valence-corrected chi connectivity index (χ3v) is 3.26. The Kier molecular flexibility index (Phi) is 4.30. The van der Waals surface area contributed by atoms with Crippen LogP contribution in [0, 0.1) is 6.92 Å². The molecule has 0 aliphatic heterocycles. The molecule has 0 heterocycles. The fourth-order valence-corrected chi connectivity index (χ4v) is 2.07. The van der Waals surface area contributed by atoms with Gasteiger partial charge in [-0.25, -0.2) is 0 Å². The maximum Gasteiger partial charge on any atom is 0.0733 e. The van der Waals surface area contributed by atoms with E-state index in [2.05, 4.69) is 5.32 Å². The maximum atomic E-state index is 6.06. The van der Waals surface area contributed by atoms with Gasteiger partial charge >= 0.3 is 0 Å². The Morgan fingerprint density at radius 2 is 1.95 bits per heavy atom. The van der Waals surface area contributed by atoms with Gasteiger partial charge in [-0.1, -0.05) is 29.8 Å². The third kappa shape index (κ3) is 3.19. The molecule has 3 nitrogen and oxygen atoms in total. The number of nitrogens with one attached hydrogen (secondary N) is 1. The van der Waals surface area contributed by atoms with Gasteiger partial charge in [0, 0.05) is 24.0 Å². The van der Waals surface area contributed by atoms with Crippen LogP contribution in [0.4, 0.5) is 17.1 Å². The Morgan fingerprint density at radius 3 is 2.68 bits per heavy atom. The Hall–Kier alpha value is -1.71. The summed E-state index contributed by atoms with van der Waals surface area (Å²) in [6, 6.07) is 11.7. The van der Waals surface area contributed by atoms with Crippen molar-refractivity contribution >= 4 is 28.7 Å². The fourth-order valence-electron chi connectivity index (χ4n) is 1.91. The molecule has 0 radical (unpaired) electrons. The van der Waals surface area contributed by atoms with Crippen molar-refractivity contribution in [3.63, 3.8) is 0 Å². The molecule has 0 unspecified atom stereocenters. The lowest BCUT2D eigenvalue weighted by Crippen LogP contribution is -1.99. The van der Waals surface area contributed by atoms with Crippen molar-refractivity contribution in [1.82, 2.24) is 0 Å². The quantitative estimate of drug-likeness (QED) is 0.826. The zero-order valence-corrected chi connectivity index (χ0v) is 11.8. The van der Waals surface area contributed by atoms with Crippen LogP contribution in [0.1, 0.15) is 11.1 Å². The van der Waals surface area contributed by atoms with Gasteiger partial charge in [0.25, 0.3) is 0 Å². The molecule has 0 saturated heterocycles. The number of hydrogen-bond acceptors (Lipinski definition) is 3. The lowest BCUT2D eigenvalue weighted by atomic mass is 10.1. The summed E-state index contributed by atoms with van der Waals surface area (Å²) in [5, 5.41) is 3.93. The molecule has 2 aromatic rings. The molecule has 4 heteroatoms. The van der Waals surface area contributed by atoms with Crippen LogP contribution in [0.2, 0.25) is 5.02 Å². The van der Waals surface area contributed by atoms with Crippen molar-refractivity contribution < 1.29 is 4.74 Å². The minimum Gasteiger partial charge on any atom is -0.398 e. The number of nitrogen functional groups attached to an aromatic ring is 1. The molecular weight excluding hydrogens is 260 g/mol. The molecule has 0 spiro atoms. The number of halogens is 1. The van der Waals surface area contributed by atoms with Crippen LogP contribution in [0.25, 0.3) is 0 Å². The summed E-state index contributed by atoms with van der Waals surface area (Å²) in [4.78, 5) is 0. The van der Waals surface area contributed by atoms with Crippen LogP contribution < -0.4 is 11.1 Å². The Balaban J connectivity index is 2.33. The second kappa shape index (κ2) is 5.95. The van der Waals surface area contributed by atoms with E-state index in [-0.39, 0.29) is 0 Å². The minimum absolute atomic E-state index is 0.553. The largest absolute Gasteiger partial charge is 0.398 e. The number of aryl methyl sites for hydroxylation is 1. The highest BCUT2D eigenvalue weighted by Gasteiger charge is 2.06. The van der Waals surface area contributed by atoms with E-state index in [0.717, 1.165) is 22.5 Å². The summed E-state index contributed by atoms with van der Waals surface area (Å²) in [6.45, 7) is 2.55. The molecule has 0 aliphatic carbocycles. The summed E-state index contributed by atoms with van der Waals surface area (Å²) < 4.78 is 5.19. The summed E-state index contributed by atoms with van der Waals surface area (Å²) >= 11 is 6.06. The Labute approximate surface area is 118 Å². The minimum atomic E-state index is 0.553. The second-order valence-electron chi connectivity index (χ2n) is 4.40. The van der Waals surface area contributed by atoms with Crippen LogP contribution in [-0.4, -0.2) is 7.11 Å². The van der Waals surface area contributed by atoms with Gasteiger partial charge in [0.2, 0.25) is 0 Å². The number of nitrogens with two attached hydrogens (primary N) is 1. The molecule has 0 amide bonds. The molecule has 2 rings (SSSR count). The van der Waals surface area contributed by atoms with E-state index in [1.54, 1.807) is 7.11 Å². The van der Waals surface area contributed by atoms with Gasteiger partial charge in [-0.3, -0.25) is 0 Å². The summed E-state index contributed by atoms with van der Waals surface area (Å²) in [5.74, 6) is 0. The molecule has 2 aromatic carbocycles. The first-order valence-corrected chi connectivity index (χ1v) is 6.39.